The van der Waals surface area contributed by atoms with Crippen LogP contribution in [-0.2, 0) is 6.54 Å². The van der Waals surface area contributed by atoms with Crippen molar-refractivity contribution in [2.45, 2.75) is 32.5 Å². The van der Waals surface area contributed by atoms with E-state index in [1.165, 1.54) is 5.01 Å². The summed E-state index contributed by atoms with van der Waals surface area (Å²) in [7, 11) is 0. The van der Waals surface area contributed by atoms with E-state index in [0.29, 0.717) is 12.1 Å². The minimum absolute atomic E-state index is 0.581. The summed E-state index contributed by atoms with van der Waals surface area (Å²) in [6.45, 7) is 7.68. The highest BCUT2D eigenvalue weighted by Gasteiger charge is 2.21. The molecule has 0 spiro atoms. The van der Waals surface area contributed by atoms with Crippen LogP contribution >= 0.6 is 27.3 Å². The Morgan fingerprint density at radius 2 is 2.20 bits per heavy atom. The molecule has 15 heavy (non-hydrogen) atoms. The number of nitrogens with one attached hydrogen (secondary N) is 1. The van der Waals surface area contributed by atoms with E-state index in [-0.39, 0.29) is 0 Å². The standard InChI is InChI=1S/C10H16BrN3S/c1-7-4-14(5-8(2)13-7)6-10-12-3-9(11)15-10/h3,7-8,13H,4-6H2,1-2H3. The molecule has 2 atom stereocenters. The van der Waals surface area contributed by atoms with Gasteiger partial charge in [-0.3, -0.25) is 4.90 Å². The SMILES string of the molecule is CC1CN(Cc2ncc(Br)s2)CC(C)N1. The summed E-state index contributed by atoms with van der Waals surface area (Å²) in [6, 6.07) is 1.16. The fourth-order valence-corrected chi connectivity index (χ4v) is 3.47. The summed E-state index contributed by atoms with van der Waals surface area (Å²) in [5.74, 6) is 0. The van der Waals surface area contributed by atoms with E-state index in [1.54, 1.807) is 11.3 Å². The van der Waals surface area contributed by atoms with Gasteiger partial charge in [0.25, 0.3) is 0 Å². The number of hydrogen-bond acceptors (Lipinski definition) is 4. The molecule has 2 unspecified atom stereocenters. The molecule has 2 rings (SSSR count). The first-order chi connectivity index (χ1) is 7.13. The minimum atomic E-state index is 0.581. The minimum Gasteiger partial charge on any atom is -0.309 e. The molecular weight excluding hydrogens is 274 g/mol. The van der Waals surface area contributed by atoms with Crippen molar-refractivity contribution in [3.8, 4) is 0 Å². The molecule has 5 heteroatoms. The predicted octanol–water partition coefficient (Wildman–Crippen LogP) is 2.09. The maximum Gasteiger partial charge on any atom is 0.108 e. The van der Waals surface area contributed by atoms with Crippen molar-refractivity contribution in [1.82, 2.24) is 15.2 Å². The van der Waals surface area contributed by atoms with E-state index >= 15 is 0 Å². The molecule has 84 valence electrons. The Morgan fingerprint density at radius 3 is 2.73 bits per heavy atom. The first-order valence-corrected chi connectivity index (χ1v) is 6.83. The fraction of sp³-hybridized carbons (Fsp3) is 0.700. The fourth-order valence-electron chi connectivity index (χ4n) is 2.12. The van der Waals surface area contributed by atoms with Crippen LogP contribution in [0.15, 0.2) is 9.98 Å². The number of piperazine rings is 1. The van der Waals surface area contributed by atoms with Crippen molar-refractivity contribution in [2.75, 3.05) is 13.1 Å². The molecule has 1 N–H and O–H groups in total. The molecule has 1 aromatic heterocycles. The summed E-state index contributed by atoms with van der Waals surface area (Å²) < 4.78 is 1.12. The first-order valence-electron chi connectivity index (χ1n) is 5.22. The maximum atomic E-state index is 4.37. The second-order valence-electron chi connectivity index (χ2n) is 4.22. The van der Waals surface area contributed by atoms with Gasteiger partial charge < -0.3 is 5.32 Å². The molecule has 3 nitrogen and oxygen atoms in total. The molecule has 1 aromatic rings. The second-order valence-corrected chi connectivity index (χ2v) is 6.72. The summed E-state index contributed by atoms with van der Waals surface area (Å²) >= 11 is 5.17. The van der Waals surface area contributed by atoms with E-state index in [9.17, 15) is 0 Å². The number of hydrogen-bond donors (Lipinski definition) is 1. The molecule has 0 aliphatic carbocycles. The highest BCUT2D eigenvalue weighted by atomic mass is 79.9. The monoisotopic (exact) mass is 289 g/mol. The van der Waals surface area contributed by atoms with Gasteiger partial charge in [-0.05, 0) is 29.8 Å². The van der Waals surface area contributed by atoms with Crippen molar-refractivity contribution in [1.29, 1.82) is 0 Å². The lowest BCUT2D eigenvalue weighted by molar-refractivity contribution is 0.166. The van der Waals surface area contributed by atoms with E-state index in [1.807, 2.05) is 6.20 Å². The third-order valence-corrected chi connectivity index (χ3v) is 3.98. The third-order valence-electron chi connectivity index (χ3n) is 2.52. The van der Waals surface area contributed by atoms with Crippen molar-refractivity contribution >= 4 is 27.3 Å². The number of thiazole rings is 1. The van der Waals surface area contributed by atoms with Gasteiger partial charge in [-0.25, -0.2) is 4.98 Å². The van der Waals surface area contributed by atoms with Gasteiger partial charge in [-0.1, -0.05) is 0 Å². The molecule has 0 amide bonds. The molecule has 0 saturated carbocycles. The molecule has 0 bridgehead atoms. The Hall–Kier alpha value is 0.0300. The molecule has 1 aliphatic rings. The topological polar surface area (TPSA) is 28.2 Å². The Bertz CT molecular complexity index is 318. The van der Waals surface area contributed by atoms with Crippen LogP contribution in [0, 0.1) is 0 Å². The van der Waals surface area contributed by atoms with Crippen LogP contribution in [-0.4, -0.2) is 35.1 Å². The van der Waals surface area contributed by atoms with E-state index in [0.717, 1.165) is 23.4 Å². The van der Waals surface area contributed by atoms with Crippen LogP contribution in [0.3, 0.4) is 0 Å². The number of aromatic nitrogens is 1. The molecular formula is C10H16BrN3S. The van der Waals surface area contributed by atoms with Gasteiger partial charge in [0, 0.05) is 25.2 Å². The highest BCUT2D eigenvalue weighted by molar-refractivity contribution is 9.11. The average Bonchev–Trinajstić information content (AvgIpc) is 2.49. The largest absolute Gasteiger partial charge is 0.309 e. The zero-order valence-corrected chi connectivity index (χ0v) is 11.4. The van der Waals surface area contributed by atoms with Gasteiger partial charge in [-0.15, -0.1) is 11.3 Å². The normalized spacial score (nSPS) is 28.2. The van der Waals surface area contributed by atoms with Crippen LogP contribution in [0.5, 0.6) is 0 Å². The quantitative estimate of drug-likeness (QED) is 0.904. The molecule has 1 saturated heterocycles. The Kier molecular flexibility index (Phi) is 3.77. The van der Waals surface area contributed by atoms with Crippen molar-refractivity contribution in [2.24, 2.45) is 0 Å². The third kappa shape index (κ3) is 3.24. The van der Waals surface area contributed by atoms with Crippen LogP contribution in [0.4, 0.5) is 0 Å². The summed E-state index contributed by atoms with van der Waals surface area (Å²) in [6.07, 6.45) is 1.88. The Morgan fingerprint density at radius 1 is 1.53 bits per heavy atom. The lowest BCUT2D eigenvalue weighted by Crippen LogP contribution is -2.53. The van der Waals surface area contributed by atoms with Crippen molar-refractivity contribution < 1.29 is 0 Å². The molecule has 0 aromatic carbocycles. The van der Waals surface area contributed by atoms with Gasteiger partial charge in [0.2, 0.25) is 0 Å². The van der Waals surface area contributed by atoms with Crippen LogP contribution < -0.4 is 5.32 Å². The Labute approximate surface area is 103 Å². The highest BCUT2D eigenvalue weighted by Crippen LogP contribution is 2.21. The van der Waals surface area contributed by atoms with Gasteiger partial charge in [0.05, 0.1) is 16.5 Å². The average molecular weight is 290 g/mol. The maximum absolute atomic E-state index is 4.37. The summed E-state index contributed by atoms with van der Waals surface area (Å²) in [5, 5.41) is 4.73. The zero-order valence-electron chi connectivity index (χ0n) is 9.03. The van der Waals surface area contributed by atoms with Gasteiger partial charge in [-0.2, -0.15) is 0 Å². The predicted molar refractivity (Wildman–Crippen MR) is 67.2 cm³/mol. The molecule has 1 aliphatic heterocycles. The van der Waals surface area contributed by atoms with Gasteiger partial charge in [0.15, 0.2) is 0 Å². The zero-order chi connectivity index (χ0) is 10.8. The van der Waals surface area contributed by atoms with E-state index in [2.05, 4.69) is 45.0 Å². The lowest BCUT2D eigenvalue weighted by atomic mass is 10.1. The van der Waals surface area contributed by atoms with Crippen molar-refractivity contribution in [3.05, 3.63) is 15.0 Å². The number of rotatable bonds is 2. The van der Waals surface area contributed by atoms with Crippen LogP contribution in [0.2, 0.25) is 0 Å². The van der Waals surface area contributed by atoms with Gasteiger partial charge >= 0.3 is 0 Å². The molecule has 2 heterocycles. The number of halogens is 1. The second kappa shape index (κ2) is 4.91. The number of nitrogens with zero attached hydrogens (tertiary/aromatic N) is 2. The van der Waals surface area contributed by atoms with Crippen LogP contribution in [0.25, 0.3) is 0 Å². The molecule has 0 radical (unpaired) electrons. The molecule has 1 fully saturated rings. The first kappa shape index (κ1) is 11.5. The van der Waals surface area contributed by atoms with Crippen LogP contribution in [0.1, 0.15) is 18.9 Å². The summed E-state index contributed by atoms with van der Waals surface area (Å²) in [5.41, 5.74) is 0. The van der Waals surface area contributed by atoms with Crippen molar-refractivity contribution in [3.63, 3.8) is 0 Å². The lowest BCUT2D eigenvalue weighted by Gasteiger charge is -2.35. The smallest absolute Gasteiger partial charge is 0.108 e. The van der Waals surface area contributed by atoms with E-state index < -0.39 is 0 Å². The van der Waals surface area contributed by atoms with Gasteiger partial charge in [0.1, 0.15) is 5.01 Å². The Balaban J connectivity index is 1.94. The van der Waals surface area contributed by atoms with E-state index in [4.69, 9.17) is 0 Å². The summed E-state index contributed by atoms with van der Waals surface area (Å²) in [4.78, 5) is 6.84.